The van der Waals surface area contributed by atoms with Crippen LogP contribution in [0.25, 0.3) is 0 Å². The summed E-state index contributed by atoms with van der Waals surface area (Å²) in [6.45, 7) is 4.63. The van der Waals surface area contributed by atoms with Crippen molar-refractivity contribution in [2.24, 2.45) is 5.92 Å². The van der Waals surface area contributed by atoms with Crippen LogP contribution < -0.4 is 5.32 Å². The number of hydrogen-bond acceptors (Lipinski definition) is 4. The van der Waals surface area contributed by atoms with Gasteiger partial charge in [-0.25, -0.2) is 12.7 Å². The van der Waals surface area contributed by atoms with Gasteiger partial charge in [-0.3, -0.25) is 4.79 Å². The summed E-state index contributed by atoms with van der Waals surface area (Å²) in [5, 5.41) is 2.96. The summed E-state index contributed by atoms with van der Waals surface area (Å²) >= 11 is 0. The number of carbonyl (C=O) groups excluding carboxylic acids is 1. The molecule has 1 amide bonds. The summed E-state index contributed by atoms with van der Waals surface area (Å²) in [5.41, 5.74) is 1.24. The van der Waals surface area contributed by atoms with E-state index in [0.29, 0.717) is 19.6 Å². The molecular weight excluding hydrogens is 338 g/mol. The van der Waals surface area contributed by atoms with Crippen LogP contribution in [-0.4, -0.2) is 62.5 Å². The van der Waals surface area contributed by atoms with E-state index >= 15 is 0 Å². The Morgan fingerprint density at radius 1 is 1.32 bits per heavy atom. The van der Waals surface area contributed by atoms with Crippen LogP contribution in [0.3, 0.4) is 0 Å². The molecule has 1 fully saturated rings. The first-order valence-electron chi connectivity index (χ1n) is 8.90. The standard InChI is InChI=1S/C18H29N3O3S/c1-3-25(23,24)21-12-7-10-17(15-21)18(22)19-11-13-20(2)14-16-8-5-4-6-9-16/h4-6,8-9,17H,3,7,10-15H2,1-2H3,(H,19,22)/t17-/m1/s1. The van der Waals surface area contributed by atoms with Gasteiger partial charge in [0, 0.05) is 32.7 Å². The van der Waals surface area contributed by atoms with Gasteiger partial charge in [-0.15, -0.1) is 0 Å². The molecule has 2 rings (SSSR count). The normalized spacial score (nSPS) is 19.1. The highest BCUT2D eigenvalue weighted by atomic mass is 32.2. The van der Waals surface area contributed by atoms with Crippen molar-refractivity contribution >= 4 is 15.9 Å². The first-order valence-corrected chi connectivity index (χ1v) is 10.5. The molecular formula is C18H29N3O3S. The van der Waals surface area contributed by atoms with Gasteiger partial charge in [0.1, 0.15) is 0 Å². The lowest BCUT2D eigenvalue weighted by atomic mass is 9.99. The van der Waals surface area contributed by atoms with E-state index in [4.69, 9.17) is 0 Å². The fourth-order valence-corrected chi connectivity index (χ4v) is 4.26. The van der Waals surface area contributed by atoms with Crippen molar-refractivity contribution in [1.82, 2.24) is 14.5 Å². The highest BCUT2D eigenvalue weighted by Crippen LogP contribution is 2.19. The molecule has 7 heteroatoms. The largest absolute Gasteiger partial charge is 0.355 e. The van der Waals surface area contributed by atoms with Crippen molar-refractivity contribution in [2.75, 3.05) is 39.0 Å². The van der Waals surface area contributed by atoms with Gasteiger partial charge in [0.15, 0.2) is 0 Å². The van der Waals surface area contributed by atoms with Crippen LogP contribution in [0.1, 0.15) is 25.3 Å². The number of likely N-dealkylation sites (N-methyl/N-ethyl adjacent to an activating group) is 1. The van der Waals surface area contributed by atoms with Crippen LogP contribution in [0.5, 0.6) is 0 Å². The third-order valence-electron chi connectivity index (χ3n) is 4.60. The molecule has 1 heterocycles. The van der Waals surface area contributed by atoms with Crippen LogP contribution >= 0.6 is 0 Å². The minimum Gasteiger partial charge on any atom is -0.355 e. The molecule has 0 saturated carbocycles. The Hall–Kier alpha value is -1.44. The average molecular weight is 368 g/mol. The lowest BCUT2D eigenvalue weighted by molar-refractivity contribution is -0.126. The highest BCUT2D eigenvalue weighted by molar-refractivity contribution is 7.89. The van der Waals surface area contributed by atoms with E-state index in [9.17, 15) is 13.2 Å². The van der Waals surface area contributed by atoms with E-state index in [1.165, 1.54) is 9.87 Å². The lowest BCUT2D eigenvalue weighted by Gasteiger charge is -2.31. The minimum atomic E-state index is -3.21. The van der Waals surface area contributed by atoms with Gasteiger partial charge in [-0.2, -0.15) is 0 Å². The number of amides is 1. The molecule has 0 spiro atoms. The third-order valence-corrected chi connectivity index (χ3v) is 6.45. The van der Waals surface area contributed by atoms with Gasteiger partial charge in [-0.1, -0.05) is 30.3 Å². The summed E-state index contributed by atoms with van der Waals surface area (Å²) in [7, 11) is -1.19. The van der Waals surface area contributed by atoms with Gasteiger partial charge >= 0.3 is 0 Å². The molecule has 1 N–H and O–H groups in total. The predicted molar refractivity (Wildman–Crippen MR) is 99.5 cm³/mol. The maximum atomic E-state index is 12.3. The van der Waals surface area contributed by atoms with Crippen molar-refractivity contribution in [2.45, 2.75) is 26.3 Å². The molecule has 6 nitrogen and oxygen atoms in total. The van der Waals surface area contributed by atoms with E-state index in [1.54, 1.807) is 6.92 Å². The Balaban J connectivity index is 1.74. The SMILES string of the molecule is CCS(=O)(=O)N1CCC[C@@H](C(=O)NCCN(C)Cc2ccccc2)C1. The zero-order chi connectivity index (χ0) is 18.3. The second kappa shape index (κ2) is 9.31. The molecule has 1 aliphatic rings. The summed E-state index contributed by atoms with van der Waals surface area (Å²) in [5.74, 6) is -0.190. The van der Waals surface area contributed by atoms with Gasteiger partial charge in [0.05, 0.1) is 11.7 Å². The Labute approximate surface area is 151 Å². The molecule has 0 bridgehead atoms. The number of piperidine rings is 1. The van der Waals surface area contributed by atoms with Gasteiger partial charge < -0.3 is 10.2 Å². The van der Waals surface area contributed by atoms with Crippen LogP contribution in [0.15, 0.2) is 30.3 Å². The number of rotatable bonds is 8. The second-order valence-electron chi connectivity index (χ2n) is 6.61. The molecule has 1 aliphatic heterocycles. The quantitative estimate of drug-likeness (QED) is 0.752. The van der Waals surface area contributed by atoms with Crippen LogP contribution in [0.2, 0.25) is 0 Å². The number of carbonyl (C=O) groups is 1. The fourth-order valence-electron chi connectivity index (χ4n) is 3.08. The highest BCUT2D eigenvalue weighted by Gasteiger charge is 2.31. The van der Waals surface area contributed by atoms with Crippen LogP contribution in [0, 0.1) is 5.92 Å². The van der Waals surface area contributed by atoms with Gasteiger partial charge in [0.25, 0.3) is 0 Å². The Morgan fingerprint density at radius 2 is 2.04 bits per heavy atom. The lowest BCUT2D eigenvalue weighted by Crippen LogP contribution is -2.46. The number of nitrogens with zero attached hydrogens (tertiary/aromatic N) is 2. The molecule has 1 aromatic rings. The molecule has 1 atom stereocenters. The van der Waals surface area contributed by atoms with Gasteiger partial charge in [0.2, 0.25) is 15.9 Å². The van der Waals surface area contributed by atoms with Crippen molar-refractivity contribution in [1.29, 1.82) is 0 Å². The number of benzene rings is 1. The molecule has 0 radical (unpaired) electrons. The van der Waals surface area contributed by atoms with Gasteiger partial charge in [-0.05, 0) is 32.4 Å². The summed E-state index contributed by atoms with van der Waals surface area (Å²) in [4.78, 5) is 14.5. The van der Waals surface area contributed by atoms with E-state index in [1.807, 2.05) is 25.2 Å². The molecule has 140 valence electrons. The van der Waals surface area contributed by atoms with Crippen LogP contribution in [-0.2, 0) is 21.4 Å². The fraction of sp³-hybridized carbons (Fsp3) is 0.611. The van der Waals surface area contributed by atoms with Crippen molar-refractivity contribution < 1.29 is 13.2 Å². The van der Waals surface area contributed by atoms with E-state index in [-0.39, 0.29) is 17.6 Å². The number of sulfonamides is 1. The zero-order valence-electron chi connectivity index (χ0n) is 15.1. The monoisotopic (exact) mass is 367 g/mol. The van der Waals surface area contributed by atoms with E-state index in [2.05, 4.69) is 22.3 Å². The molecule has 0 aliphatic carbocycles. The third kappa shape index (κ3) is 6.09. The molecule has 1 saturated heterocycles. The average Bonchev–Trinajstić information content (AvgIpc) is 2.62. The summed E-state index contributed by atoms with van der Waals surface area (Å²) < 4.78 is 25.4. The minimum absolute atomic E-state index is 0.0379. The van der Waals surface area contributed by atoms with Crippen molar-refractivity contribution in [3.63, 3.8) is 0 Å². The smallest absolute Gasteiger partial charge is 0.224 e. The number of hydrogen-bond donors (Lipinski definition) is 1. The van der Waals surface area contributed by atoms with Crippen molar-refractivity contribution in [3.8, 4) is 0 Å². The summed E-state index contributed by atoms with van der Waals surface area (Å²) in [6, 6.07) is 10.2. The molecule has 0 aromatic heterocycles. The van der Waals surface area contributed by atoms with E-state index < -0.39 is 10.0 Å². The second-order valence-corrected chi connectivity index (χ2v) is 8.87. The zero-order valence-corrected chi connectivity index (χ0v) is 16.0. The first-order chi connectivity index (χ1) is 11.9. The Morgan fingerprint density at radius 3 is 2.72 bits per heavy atom. The molecule has 25 heavy (non-hydrogen) atoms. The Kier molecular flexibility index (Phi) is 7.40. The Bertz CT molecular complexity index is 649. The van der Waals surface area contributed by atoms with E-state index in [0.717, 1.165) is 25.9 Å². The molecule has 0 unspecified atom stereocenters. The number of nitrogens with one attached hydrogen (secondary N) is 1. The first kappa shape index (κ1) is 19.9. The predicted octanol–water partition coefficient (Wildman–Crippen LogP) is 1.30. The summed E-state index contributed by atoms with van der Waals surface area (Å²) in [6.07, 6.45) is 1.49. The molecule has 1 aromatic carbocycles. The maximum absolute atomic E-state index is 12.3. The topological polar surface area (TPSA) is 69.7 Å². The van der Waals surface area contributed by atoms with Crippen molar-refractivity contribution in [3.05, 3.63) is 35.9 Å². The van der Waals surface area contributed by atoms with Crippen LogP contribution in [0.4, 0.5) is 0 Å². The maximum Gasteiger partial charge on any atom is 0.224 e.